The highest BCUT2D eigenvalue weighted by atomic mass is 16.6. The van der Waals surface area contributed by atoms with E-state index in [1.807, 2.05) is 19.1 Å². The predicted molar refractivity (Wildman–Crippen MR) is 53.9 cm³/mol. The number of benzene rings is 1. The maximum atomic E-state index is 9.80. The fraction of sp³-hybridized carbons (Fsp3) is 0.455. The quantitative estimate of drug-likeness (QED) is 0.717. The van der Waals surface area contributed by atoms with Crippen LogP contribution in [0, 0.1) is 6.92 Å². The number of aromatic hydroxyl groups is 1. The van der Waals surface area contributed by atoms with Gasteiger partial charge in [0.2, 0.25) is 0 Å². The molecule has 3 heteroatoms. The molecule has 0 bridgehead atoms. The Hall–Kier alpha value is -1.06. The maximum absolute atomic E-state index is 9.80. The lowest BCUT2D eigenvalue weighted by Gasteiger charge is -2.15. The lowest BCUT2D eigenvalue weighted by Crippen LogP contribution is -2.18. The summed E-state index contributed by atoms with van der Waals surface area (Å²) >= 11 is 0. The summed E-state index contributed by atoms with van der Waals surface area (Å²) in [4.78, 5) is 4.70. The van der Waals surface area contributed by atoms with E-state index in [9.17, 15) is 5.11 Å². The monoisotopic (exact) mass is 193 g/mol. The van der Waals surface area contributed by atoms with Gasteiger partial charge in [-0.05, 0) is 31.4 Å². The van der Waals surface area contributed by atoms with E-state index in [-0.39, 0.29) is 5.41 Å². The van der Waals surface area contributed by atoms with Crippen LogP contribution in [0.25, 0.3) is 0 Å². The largest absolute Gasteiger partial charge is 0.508 e. The van der Waals surface area contributed by atoms with Crippen molar-refractivity contribution in [3.63, 3.8) is 0 Å². The van der Waals surface area contributed by atoms with E-state index in [2.05, 4.69) is 0 Å². The van der Waals surface area contributed by atoms with Crippen LogP contribution in [0.1, 0.15) is 24.0 Å². The van der Waals surface area contributed by atoms with Crippen LogP contribution in [-0.2, 0) is 10.3 Å². The lowest BCUT2D eigenvalue weighted by atomic mass is 9.95. The van der Waals surface area contributed by atoms with Gasteiger partial charge in [0.1, 0.15) is 5.75 Å². The summed E-state index contributed by atoms with van der Waals surface area (Å²) in [7, 11) is 0. The number of rotatable bonds is 3. The standard InChI is InChI=1S/C11H15NO2/c1-8-2-3-9(10(13)6-8)11(4-5-11)7-14-12/h2-3,6,13H,4-5,7,12H2,1H3. The van der Waals surface area contributed by atoms with Gasteiger partial charge >= 0.3 is 0 Å². The molecular formula is C11H15NO2. The van der Waals surface area contributed by atoms with Crippen molar-refractivity contribution in [3.8, 4) is 5.75 Å². The summed E-state index contributed by atoms with van der Waals surface area (Å²) in [6.45, 7) is 2.45. The minimum atomic E-state index is -0.0213. The summed E-state index contributed by atoms with van der Waals surface area (Å²) in [5, 5.41) is 9.80. The number of nitrogens with two attached hydrogens (primary N) is 1. The summed E-state index contributed by atoms with van der Waals surface area (Å²) in [5.41, 5.74) is 2.01. The summed E-state index contributed by atoms with van der Waals surface area (Å²) in [5.74, 6) is 5.45. The van der Waals surface area contributed by atoms with Crippen molar-refractivity contribution in [1.82, 2.24) is 0 Å². The molecule has 1 aromatic carbocycles. The van der Waals surface area contributed by atoms with E-state index in [0.29, 0.717) is 12.4 Å². The molecule has 0 aromatic heterocycles. The number of hydrogen-bond donors (Lipinski definition) is 2. The zero-order valence-corrected chi connectivity index (χ0v) is 8.29. The van der Waals surface area contributed by atoms with Gasteiger partial charge < -0.3 is 9.94 Å². The first-order valence-corrected chi connectivity index (χ1v) is 4.80. The zero-order chi connectivity index (χ0) is 10.2. The van der Waals surface area contributed by atoms with Crippen LogP contribution in [-0.4, -0.2) is 11.7 Å². The average molecular weight is 193 g/mol. The van der Waals surface area contributed by atoms with E-state index in [4.69, 9.17) is 10.7 Å². The topological polar surface area (TPSA) is 55.5 Å². The van der Waals surface area contributed by atoms with Crippen molar-refractivity contribution in [1.29, 1.82) is 0 Å². The van der Waals surface area contributed by atoms with Crippen LogP contribution in [0.2, 0.25) is 0 Å². The van der Waals surface area contributed by atoms with E-state index in [0.717, 1.165) is 24.0 Å². The van der Waals surface area contributed by atoms with Gasteiger partial charge in [0.15, 0.2) is 0 Å². The summed E-state index contributed by atoms with van der Waals surface area (Å²) in [6.07, 6.45) is 2.08. The molecular weight excluding hydrogens is 178 g/mol. The fourth-order valence-electron chi connectivity index (χ4n) is 1.89. The van der Waals surface area contributed by atoms with E-state index >= 15 is 0 Å². The molecule has 76 valence electrons. The Labute approximate surface area is 83.5 Å². The summed E-state index contributed by atoms with van der Waals surface area (Å²) < 4.78 is 0. The zero-order valence-electron chi connectivity index (χ0n) is 8.29. The van der Waals surface area contributed by atoms with Crippen molar-refractivity contribution in [3.05, 3.63) is 29.3 Å². The van der Waals surface area contributed by atoms with Crippen LogP contribution in [0.15, 0.2) is 18.2 Å². The van der Waals surface area contributed by atoms with Crippen LogP contribution < -0.4 is 5.90 Å². The molecule has 0 aliphatic heterocycles. The summed E-state index contributed by atoms with van der Waals surface area (Å²) in [6, 6.07) is 5.76. The second-order valence-corrected chi connectivity index (χ2v) is 4.11. The third-order valence-electron chi connectivity index (χ3n) is 2.94. The highest BCUT2D eigenvalue weighted by Gasteiger charge is 2.46. The van der Waals surface area contributed by atoms with Gasteiger partial charge in [0.05, 0.1) is 6.61 Å². The molecule has 1 aliphatic rings. The first-order valence-electron chi connectivity index (χ1n) is 4.80. The van der Waals surface area contributed by atoms with Crippen molar-refractivity contribution in [2.75, 3.05) is 6.61 Å². The van der Waals surface area contributed by atoms with Gasteiger partial charge in [-0.25, -0.2) is 5.90 Å². The van der Waals surface area contributed by atoms with Gasteiger partial charge in [0.25, 0.3) is 0 Å². The molecule has 0 spiro atoms. The molecule has 14 heavy (non-hydrogen) atoms. The number of hydrogen-bond acceptors (Lipinski definition) is 3. The molecule has 1 aliphatic carbocycles. The Balaban J connectivity index is 2.32. The van der Waals surface area contributed by atoms with Crippen molar-refractivity contribution >= 4 is 0 Å². The van der Waals surface area contributed by atoms with E-state index in [1.54, 1.807) is 6.07 Å². The Bertz CT molecular complexity index is 345. The van der Waals surface area contributed by atoms with Gasteiger partial charge in [-0.15, -0.1) is 0 Å². The second kappa shape index (κ2) is 3.26. The molecule has 0 saturated heterocycles. The minimum Gasteiger partial charge on any atom is -0.508 e. The molecule has 1 fully saturated rings. The third kappa shape index (κ3) is 1.49. The van der Waals surface area contributed by atoms with Gasteiger partial charge in [-0.1, -0.05) is 12.1 Å². The van der Waals surface area contributed by atoms with Crippen molar-refractivity contribution in [2.45, 2.75) is 25.2 Å². The molecule has 1 saturated carbocycles. The van der Waals surface area contributed by atoms with Gasteiger partial charge in [-0.3, -0.25) is 0 Å². The fourth-order valence-corrected chi connectivity index (χ4v) is 1.89. The molecule has 1 aromatic rings. The molecule has 0 amide bonds. The van der Waals surface area contributed by atoms with Crippen LogP contribution in [0.5, 0.6) is 5.75 Å². The number of phenolic OH excluding ortho intramolecular Hbond substituents is 1. The highest BCUT2D eigenvalue weighted by Crippen LogP contribution is 2.51. The second-order valence-electron chi connectivity index (χ2n) is 4.11. The lowest BCUT2D eigenvalue weighted by molar-refractivity contribution is 0.115. The SMILES string of the molecule is Cc1ccc(C2(CON)CC2)c(O)c1. The van der Waals surface area contributed by atoms with Crippen LogP contribution in [0.3, 0.4) is 0 Å². The van der Waals surface area contributed by atoms with Gasteiger partial charge in [0, 0.05) is 11.0 Å². The molecule has 3 nitrogen and oxygen atoms in total. The third-order valence-corrected chi connectivity index (χ3v) is 2.94. The predicted octanol–water partition coefficient (Wildman–Crippen LogP) is 1.62. The van der Waals surface area contributed by atoms with Gasteiger partial charge in [-0.2, -0.15) is 0 Å². The Morgan fingerprint density at radius 2 is 2.21 bits per heavy atom. The Kier molecular flexibility index (Phi) is 2.21. The van der Waals surface area contributed by atoms with Crippen LogP contribution >= 0.6 is 0 Å². The molecule has 0 unspecified atom stereocenters. The minimum absolute atomic E-state index is 0.0213. The highest BCUT2D eigenvalue weighted by molar-refractivity contribution is 5.44. The molecule has 0 atom stereocenters. The normalized spacial score (nSPS) is 18.1. The van der Waals surface area contributed by atoms with E-state index < -0.39 is 0 Å². The van der Waals surface area contributed by atoms with Crippen LogP contribution in [0.4, 0.5) is 0 Å². The first-order chi connectivity index (χ1) is 6.68. The maximum Gasteiger partial charge on any atom is 0.119 e. The molecule has 0 heterocycles. The van der Waals surface area contributed by atoms with Crippen molar-refractivity contribution in [2.24, 2.45) is 5.90 Å². The molecule has 3 N–H and O–H groups in total. The Morgan fingerprint density at radius 1 is 1.50 bits per heavy atom. The number of aryl methyl sites for hydroxylation is 1. The Morgan fingerprint density at radius 3 is 2.71 bits per heavy atom. The molecule has 0 radical (unpaired) electrons. The smallest absolute Gasteiger partial charge is 0.119 e. The average Bonchev–Trinajstić information content (AvgIpc) is 2.86. The van der Waals surface area contributed by atoms with E-state index in [1.165, 1.54) is 0 Å². The van der Waals surface area contributed by atoms with Crippen molar-refractivity contribution < 1.29 is 9.94 Å². The molecule has 2 rings (SSSR count). The number of phenols is 1. The first kappa shape index (κ1) is 9.49.